The van der Waals surface area contributed by atoms with Crippen LogP contribution in [0.5, 0.6) is 0 Å². The molecule has 0 N–H and O–H groups in total. The molecule has 1 unspecified atom stereocenters. The van der Waals surface area contributed by atoms with Crippen LogP contribution in [0.4, 0.5) is 0 Å². The Bertz CT molecular complexity index is 343. The van der Waals surface area contributed by atoms with E-state index in [1.165, 1.54) is 0 Å². The van der Waals surface area contributed by atoms with E-state index in [1.54, 1.807) is 26.0 Å². The van der Waals surface area contributed by atoms with Gasteiger partial charge in [0.05, 0.1) is 34.5 Å². The molecule has 0 spiro atoms. The number of rotatable bonds is 2. The quantitative estimate of drug-likeness (QED) is 0.554. The summed E-state index contributed by atoms with van der Waals surface area (Å²) < 4.78 is 16.8. The first-order chi connectivity index (χ1) is 8.18. The molecule has 1 fully saturated rings. The number of ether oxygens (including phenoxy) is 3. The highest BCUT2D eigenvalue weighted by Crippen LogP contribution is 2.34. The molecule has 0 aromatic heterocycles. The molecule has 2 aliphatic rings. The molecule has 0 amide bonds. The van der Waals surface area contributed by atoms with E-state index in [4.69, 9.17) is 14.2 Å². The van der Waals surface area contributed by atoms with Crippen molar-refractivity contribution < 1.29 is 31.1 Å². The minimum absolute atomic E-state index is 0. The van der Waals surface area contributed by atoms with E-state index >= 15 is 0 Å². The first-order valence-corrected chi connectivity index (χ1v) is 6.52. The molecule has 0 radical (unpaired) electrons. The highest BCUT2D eigenvalue weighted by Gasteiger charge is 2.38. The zero-order chi connectivity index (χ0) is 12.3. The molecule has 18 heavy (non-hydrogen) atoms. The summed E-state index contributed by atoms with van der Waals surface area (Å²) in [4.78, 5) is 4.61. The van der Waals surface area contributed by atoms with Crippen molar-refractivity contribution in [3.05, 3.63) is 11.2 Å². The zero-order valence-corrected chi connectivity index (χ0v) is 12.5. The van der Waals surface area contributed by atoms with Crippen LogP contribution in [-0.4, -0.2) is 63.4 Å². The molecule has 5 nitrogen and oxygen atoms in total. The van der Waals surface area contributed by atoms with E-state index in [9.17, 15) is 0 Å². The summed E-state index contributed by atoms with van der Waals surface area (Å²) >= 11 is 1.64. The van der Waals surface area contributed by atoms with Crippen LogP contribution in [-0.2, 0) is 14.2 Å². The van der Waals surface area contributed by atoms with Crippen molar-refractivity contribution in [1.29, 1.82) is 0 Å². The maximum Gasteiger partial charge on any atom is 0.241 e. The number of hydrogen-bond acceptors (Lipinski definition) is 5. The Hall–Kier alpha value is -0.430. The van der Waals surface area contributed by atoms with Gasteiger partial charge in [-0.15, -0.1) is 0 Å². The van der Waals surface area contributed by atoms with Gasteiger partial charge in [0.1, 0.15) is 13.1 Å². The van der Waals surface area contributed by atoms with Gasteiger partial charge >= 0.3 is 0 Å². The molecule has 0 bridgehead atoms. The molecule has 0 aromatic rings. The van der Waals surface area contributed by atoms with E-state index in [2.05, 4.69) is 12.0 Å². The van der Waals surface area contributed by atoms with Gasteiger partial charge in [-0.2, -0.15) is 4.99 Å². The summed E-state index contributed by atoms with van der Waals surface area (Å²) in [5.41, 5.74) is 0.0915. The number of nitrogens with zero attached hydrogens (tertiary/aromatic N) is 2. The Kier molecular flexibility index (Phi) is 5.78. The summed E-state index contributed by atoms with van der Waals surface area (Å²) in [6.07, 6.45) is 1.83. The summed E-state index contributed by atoms with van der Waals surface area (Å²) in [5, 5.41) is 0.854. The number of methoxy groups -OCH3 is 2. The molecule has 1 atom stereocenters. The predicted molar refractivity (Wildman–Crippen MR) is 67.7 cm³/mol. The van der Waals surface area contributed by atoms with Crippen molar-refractivity contribution in [2.75, 3.05) is 47.6 Å². The summed E-state index contributed by atoms with van der Waals surface area (Å²) in [7, 11) is 5.51. The van der Waals surface area contributed by atoms with E-state index in [-0.39, 0.29) is 17.9 Å². The van der Waals surface area contributed by atoms with Gasteiger partial charge in [0, 0.05) is 17.8 Å². The minimum Gasteiger partial charge on any atom is -1.00 e. The largest absolute Gasteiger partial charge is 1.00 e. The van der Waals surface area contributed by atoms with Gasteiger partial charge in [-0.05, 0) is 0 Å². The van der Waals surface area contributed by atoms with E-state index < -0.39 is 0 Å². The summed E-state index contributed by atoms with van der Waals surface area (Å²) in [6.45, 7) is 3.51. The lowest BCUT2D eigenvalue weighted by molar-refractivity contribution is -0.925. The highest BCUT2D eigenvalue weighted by molar-refractivity contribution is 8.03. The van der Waals surface area contributed by atoms with Crippen LogP contribution in [0.25, 0.3) is 0 Å². The van der Waals surface area contributed by atoms with E-state index in [1.807, 2.05) is 6.08 Å². The normalized spacial score (nSPS) is 26.5. The van der Waals surface area contributed by atoms with Crippen molar-refractivity contribution in [2.24, 2.45) is 4.99 Å². The molecular weight excluding hydrogens is 276 g/mol. The van der Waals surface area contributed by atoms with Gasteiger partial charge in [0.2, 0.25) is 11.4 Å². The van der Waals surface area contributed by atoms with E-state index in [0.29, 0.717) is 5.90 Å². The Morgan fingerprint density at radius 2 is 2.00 bits per heavy atom. The maximum atomic E-state index is 5.41. The Morgan fingerprint density at radius 1 is 1.33 bits per heavy atom. The van der Waals surface area contributed by atoms with Crippen molar-refractivity contribution in [1.82, 2.24) is 0 Å². The van der Waals surface area contributed by atoms with Gasteiger partial charge in [-0.3, -0.25) is 4.48 Å². The van der Waals surface area contributed by atoms with Gasteiger partial charge in [-0.1, -0.05) is 0 Å². The predicted octanol–water partition coefficient (Wildman–Crippen LogP) is -1.97. The lowest BCUT2D eigenvalue weighted by atomic mass is 10.4. The molecule has 2 rings (SSSR count). The second-order valence-corrected chi connectivity index (χ2v) is 5.38. The SMILES string of the molecule is COC1=CC(OC)=NC([N+]2(C)CCOCC2)S1.[Cl-]. The van der Waals surface area contributed by atoms with Crippen LogP contribution in [0.1, 0.15) is 0 Å². The molecule has 2 aliphatic heterocycles. The third-order valence-corrected chi connectivity index (χ3v) is 4.48. The molecule has 0 aromatic carbocycles. The monoisotopic (exact) mass is 294 g/mol. The standard InChI is InChI=1S/C11H19N2O3S.ClH/c1-13(4-6-16-7-5-13)11-12-9(14-2)8-10(15-3)17-11;/h8,11H,4-7H2,1-3H3;1H/q+1;/p-1. The second kappa shape index (κ2) is 6.65. The van der Waals surface area contributed by atoms with Gasteiger partial charge < -0.3 is 26.6 Å². The molecular formula is C11H19ClN2O3S. The molecule has 2 heterocycles. The van der Waals surface area contributed by atoms with E-state index in [0.717, 1.165) is 35.9 Å². The lowest BCUT2D eigenvalue weighted by Crippen LogP contribution is -3.00. The first-order valence-electron chi connectivity index (χ1n) is 5.64. The number of morpholine rings is 1. The van der Waals surface area contributed by atoms with Crippen LogP contribution < -0.4 is 12.4 Å². The number of thioether (sulfide) groups is 1. The van der Waals surface area contributed by atoms with Gasteiger partial charge in [0.25, 0.3) is 0 Å². The number of aliphatic imine (C=N–C) groups is 1. The van der Waals surface area contributed by atoms with Crippen molar-refractivity contribution in [2.45, 2.75) is 5.50 Å². The topological polar surface area (TPSA) is 40.0 Å². The molecule has 0 saturated carbocycles. The maximum absolute atomic E-state index is 5.41. The first kappa shape index (κ1) is 15.6. The zero-order valence-electron chi connectivity index (χ0n) is 10.9. The van der Waals surface area contributed by atoms with Crippen LogP contribution in [0, 0.1) is 0 Å². The fourth-order valence-corrected chi connectivity index (χ4v) is 2.97. The average Bonchev–Trinajstić information content (AvgIpc) is 2.39. The second-order valence-electron chi connectivity index (χ2n) is 4.32. The fraction of sp³-hybridized carbons (Fsp3) is 0.727. The molecule has 104 valence electrons. The molecule has 1 saturated heterocycles. The number of halogens is 1. The number of likely N-dealkylation sites (N-methyl/N-ethyl adjacent to an activating group) is 1. The molecule has 7 heteroatoms. The average molecular weight is 295 g/mol. The highest BCUT2D eigenvalue weighted by atomic mass is 35.5. The summed E-state index contributed by atoms with van der Waals surface area (Å²) in [5.74, 6) is 0.636. The molecule has 0 aliphatic carbocycles. The van der Waals surface area contributed by atoms with Crippen LogP contribution in [0.2, 0.25) is 0 Å². The lowest BCUT2D eigenvalue weighted by Gasteiger charge is -2.41. The summed E-state index contributed by atoms with van der Waals surface area (Å²) in [6, 6.07) is 0. The Labute approximate surface area is 118 Å². The van der Waals surface area contributed by atoms with Crippen LogP contribution in [0.15, 0.2) is 16.2 Å². The number of quaternary nitrogens is 1. The van der Waals surface area contributed by atoms with Crippen molar-refractivity contribution in [3.8, 4) is 0 Å². The third-order valence-electron chi connectivity index (χ3n) is 3.14. The van der Waals surface area contributed by atoms with Crippen LogP contribution in [0.3, 0.4) is 0 Å². The smallest absolute Gasteiger partial charge is 0.241 e. The van der Waals surface area contributed by atoms with Gasteiger partial charge in [0.15, 0.2) is 5.09 Å². The fourth-order valence-electron chi connectivity index (χ4n) is 1.88. The van der Waals surface area contributed by atoms with Crippen molar-refractivity contribution in [3.63, 3.8) is 0 Å². The third kappa shape index (κ3) is 3.32. The Balaban J connectivity index is 0.00000162. The Morgan fingerprint density at radius 3 is 2.56 bits per heavy atom. The number of hydrogen-bond donors (Lipinski definition) is 0. The van der Waals surface area contributed by atoms with Gasteiger partial charge in [-0.25, -0.2) is 0 Å². The van der Waals surface area contributed by atoms with Crippen molar-refractivity contribution >= 4 is 17.7 Å². The minimum atomic E-state index is 0. The van der Waals surface area contributed by atoms with Crippen LogP contribution >= 0.6 is 11.8 Å².